The SMILES string of the molecule is CN(C)c1cccc(C(=O)c2ccc(Br)c(Cl)c2F)c1. The molecule has 0 aliphatic rings. The maximum atomic E-state index is 14.1. The van der Waals surface area contributed by atoms with Crippen molar-refractivity contribution in [3.05, 3.63) is 62.8 Å². The first kappa shape index (κ1) is 15.0. The molecule has 0 spiro atoms. The number of rotatable bonds is 3. The van der Waals surface area contributed by atoms with Gasteiger partial charge in [0.05, 0.1) is 10.6 Å². The van der Waals surface area contributed by atoms with Gasteiger partial charge in [-0.05, 0) is 40.2 Å². The fourth-order valence-electron chi connectivity index (χ4n) is 1.78. The van der Waals surface area contributed by atoms with Crippen molar-refractivity contribution in [3.8, 4) is 0 Å². The molecule has 0 radical (unpaired) electrons. The number of nitrogens with zero attached hydrogens (tertiary/aromatic N) is 1. The van der Waals surface area contributed by atoms with E-state index in [9.17, 15) is 9.18 Å². The fraction of sp³-hybridized carbons (Fsp3) is 0.133. The third kappa shape index (κ3) is 2.86. The van der Waals surface area contributed by atoms with Crippen LogP contribution in [0.4, 0.5) is 10.1 Å². The Morgan fingerprint density at radius 2 is 1.95 bits per heavy atom. The van der Waals surface area contributed by atoms with Crippen LogP contribution in [0.2, 0.25) is 5.02 Å². The van der Waals surface area contributed by atoms with Gasteiger partial charge in [-0.3, -0.25) is 4.79 Å². The maximum absolute atomic E-state index is 14.1. The number of hydrogen-bond donors (Lipinski definition) is 0. The molecule has 0 N–H and O–H groups in total. The van der Waals surface area contributed by atoms with Crippen LogP contribution in [0.1, 0.15) is 15.9 Å². The maximum Gasteiger partial charge on any atom is 0.196 e. The second kappa shape index (κ2) is 5.94. The standard InChI is InChI=1S/C15H12BrClFNO/c1-19(2)10-5-3-4-9(8-10)15(20)11-6-7-12(16)13(17)14(11)18/h3-8H,1-2H3. The molecule has 2 aromatic rings. The first-order valence-corrected chi connectivity index (χ1v) is 7.04. The Balaban J connectivity index is 2.47. The van der Waals surface area contributed by atoms with Crippen molar-refractivity contribution in [2.75, 3.05) is 19.0 Å². The Morgan fingerprint density at radius 1 is 1.25 bits per heavy atom. The molecule has 20 heavy (non-hydrogen) atoms. The van der Waals surface area contributed by atoms with Crippen LogP contribution in [0.15, 0.2) is 40.9 Å². The number of hydrogen-bond acceptors (Lipinski definition) is 2. The van der Waals surface area contributed by atoms with Crippen LogP contribution in [0.3, 0.4) is 0 Å². The molecule has 0 saturated heterocycles. The normalized spacial score (nSPS) is 10.4. The van der Waals surface area contributed by atoms with Gasteiger partial charge in [0.1, 0.15) is 0 Å². The highest BCUT2D eigenvalue weighted by atomic mass is 79.9. The van der Waals surface area contributed by atoms with Gasteiger partial charge < -0.3 is 4.90 Å². The first-order valence-electron chi connectivity index (χ1n) is 5.87. The Hall–Kier alpha value is -1.39. The highest BCUT2D eigenvalue weighted by molar-refractivity contribution is 9.10. The van der Waals surface area contributed by atoms with Crippen molar-refractivity contribution in [3.63, 3.8) is 0 Å². The van der Waals surface area contributed by atoms with Crippen molar-refractivity contribution >= 4 is 39.0 Å². The van der Waals surface area contributed by atoms with E-state index in [1.807, 2.05) is 25.1 Å². The second-order valence-electron chi connectivity index (χ2n) is 4.50. The molecule has 0 bridgehead atoms. The summed E-state index contributed by atoms with van der Waals surface area (Å²) in [5.74, 6) is -1.10. The van der Waals surface area contributed by atoms with Crippen LogP contribution >= 0.6 is 27.5 Å². The quantitative estimate of drug-likeness (QED) is 0.594. The lowest BCUT2D eigenvalue weighted by molar-refractivity contribution is 0.103. The summed E-state index contributed by atoms with van der Waals surface area (Å²) < 4.78 is 14.5. The Bertz CT molecular complexity index is 673. The van der Waals surface area contributed by atoms with Crippen molar-refractivity contribution in [2.45, 2.75) is 0 Å². The van der Waals surface area contributed by atoms with Crippen LogP contribution in [0, 0.1) is 5.82 Å². The topological polar surface area (TPSA) is 20.3 Å². The van der Waals surface area contributed by atoms with E-state index in [1.54, 1.807) is 24.3 Å². The van der Waals surface area contributed by atoms with E-state index in [2.05, 4.69) is 15.9 Å². The van der Waals surface area contributed by atoms with E-state index in [4.69, 9.17) is 11.6 Å². The zero-order chi connectivity index (χ0) is 14.9. The summed E-state index contributed by atoms with van der Waals surface area (Å²) >= 11 is 8.94. The molecule has 0 aliphatic heterocycles. The Kier molecular flexibility index (Phi) is 4.45. The van der Waals surface area contributed by atoms with Crippen molar-refractivity contribution in [2.24, 2.45) is 0 Å². The minimum Gasteiger partial charge on any atom is -0.378 e. The van der Waals surface area contributed by atoms with E-state index in [1.165, 1.54) is 6.07 Å². The lowest BCUT2D eigenvalue weighted by Gasteiger charge is -2.13. The van der Waals surface area contributed by atoms with Gasteiger partial charge in [-0.1, -0.05) is 23.7 Å². The number of carbonyl (C=O) groups is 1. The van der Waals surface area contributed by atoms with Crippen molar-refractivity contribution < 1.29 is 9.18 Å². The molecule has 0 amide bonds. The Labute approximate surface area is 130 Å². The lowest BCUT2D eigenvalue weighted by atomic mass is 10.0. The highest BCUT2D eigenvalue weighted by Crippen LogP contribution is 2.29. The van der Waals surface area contributed by atoms with Gasteiger partial charge >= 0.3 is 0 Å². The molecule has 2 rings (SSSR count). The number of anilines is 1. The lowest BCUT2D eigenvalue weighted by Crippen LogP contribution is -2.10. The molecule has 0 fully saturated rings. The van der Waals surface area contributed by atoms with Gasteiger partial charge in [-0.2, -0.15) is 0 Å². The summed E-state index contributed by atoms with van der Waals surface area (Å²) in [6, 6.07) is 10.0. The molecular formula is C15H12BrClFNO. The molecule has 0 aromatic heterocycles. The highest BCUT2D eigenvalue weighted by Gasteiger charge is 2.18. The van der Waals surface area contributed by atoms with E-state index in [0.717, 1.165) is 5.69 Å². The van der Waals surface area contributed by atoms with Gasteiger partial charge in [0.15, 0.2) is 11.6 Å². The van der Waals surface area contributed by atoms with Crippen LogP contribution < -0.4 is 4.90 Å². The average Bonchev–Trinajstić information content (AvgIpc) is 2.44. The minimum atomic E-state index is -0.707. The van der Waals surface area contributed by atoms with Crippen LogP contribution in [0.25, 0.3) is 0 Å². The summed E-state index contributed by atoms with van der Waals surface area (Å²) in [4.78, 5) is 14.2. The second-order valence-corrected chi connectivity index (χ2v) is 5.73. The number of carbonyl (C=O) groups excluding carboxylic acids is 1. The predicted octanol–water partition coefficient (Wildman–Crippen LogP) is 4.54. The summed E-state index contributed by atoms with van der Waals surface area (Å²) in [6.07, 6.45) is 0. The summed E-state index contributed by atoms with van der Waals surface area (Å²) in [5, 5.41) is -0.0837. The zero-order valence-corrected chi connectivity index (χ0v) is 13.3. The molecule has 104 valence electrons. The zero-order valence-electron chi connectivity index (χ0n) is 11.0. The molecule has 0 heterocycles. The van der Waals surface area contributed by atoms with Crippen LogP contribution in [-0.4, -0.2) is 19.9 Å². The minimum absolute atomic E-state index is 0.0332. The molecular weight excluding hydrogens is 345 g/mol. The Morgan fingerprint density at radius 3 is 2.60 bits per heavy atom. The largest absolute Gasteiger partial charge is 0.378 e. The third-order valence-corrected chi connectivity index (χ3v) is 4.16. The molecule has 0 aliphatic carbocycles. The van der Waals surface area contributed by atoms with Gasteiger partial charge in [0, 0.05) is 29.8 Å². The summed E-state index contributed by atoms with van der Waals surface area (Å²) in [6.45, 7) is 0. The van der Waals surface area contributed by atoms with E-state index >= 15 is 0 Å². The average molecular weight is 357 g/mol. The smallest absolute Gasteiger partial charge is 0.196 e. The fourth-order valence-corrected chi connectivity index (χ4v) is 2.25. The molecule has 0 unspecified atom stereocenters. The van der Waals surface area contributed by atoms with Gasteiger partial charge in [-0.25, -0.2) is 4.39 Å². The van der Waals surface area contributed by atoms with E-state index in [0.29, 0.717) is 10.0 Å². The van der Waals surface area contributed by atoms with Crippen LogP contribution in [0.5, 0.6) is 0 Å². The van der Waals surface area contributed by atoms with Crippen molar-refractivity contribution in [1.82, 2.24) is 0 Å². The molecule has 5 heteroatoms. The molecule has 0 atom stereocenters. The predicted molar refractivity (Wildman–Crippen MR) is 83.3 cm³/mol. The van der Waals surface area contributed by atoms with E-state index in [-0.39, 0.29) is 16.4 Å². The number of ketones is 1. The first-order chi connectivity index (χ1) is 9.41. The summed E-state index contributed by atoms with van der Waals surface area (Å²) in [7, 11) is 3.75. The summed E-state index contributed by atoms with van der Waals surface area (Å²) in [5.41, 5.74) is 1.27. The van der Waals surface area contributed by atoms with E-state index < -0.39 is 5.82 Å². The van der Waals surface area contributed by atoms with Crippen LogP contribution in [-0.2, 0) is 0 Å². The van der Waals surface area contributed by atoms with Crippen molar-refractivity contribution in [1.29, 1.82) is 0 Å². The molecule has 2 aromatic carbocycles. The third-order valence-electron chi connectivity index (χ3n) is 2.90. The molecule has 0 saturated carbocycles. The molecule has 2 nitrogen and oxygen atoms in total. The van der Waals surface area contributed by atoms with Gasteiger partial charge in [0.25, 0.3) is 0 Å². The number of halogens is 3. The van der Waals surface area contributed by atoms with Gasteiger partial charge in [0.2, 0.25) is 0 Å². The number of benzene rings is 2. The monoisotopic (exact) mass is 355 g/mol. The van der Waals surface area contributed by atoms with Gasteiger partial charge in [-0.15, -0.1) is 0 Å².